The zero-order valence-electron chi connectivity index (χ0n) is 17.7. The summed E-state index contributed by atoms with van der Waals surface area (Å²) < 4.78 is 7.67. The highest BCUT2D eigenvalue weighted by molar-refractivity contribution is 9.10. The van der Waals surface area contributed by atoms with Gasteiger partial charge < -0.3 is 19.6 Å². The molecule has 0 fully saturated rings. The van der Waals surface area contributed by atoms with Crippen LogP contribution in [0.15, 0.2) is 46.1 Å². The molecule has 2 heterocycles. The number of aryl methyl sites for hydroxylation is 1. The lowest BCUT2D eigenvalue weighted by atomic mass is 9.99. The first-order valence-electron chi connectivity index (χ1n) is 9.89. The Morgan fingerprint density at radius 1 is 1.32 bits per heavy atom. The van der Waals surface area contributed by atoms with Gasteiger partial charge in [0.2, 0.25) is 0 Å². The number of aromatic amines is 1. The minimum atomic E-state index is -0.569. The van der Waals surface area contributed by atoms with Gasteiger partial charge in [-0.15, -0.1) is 0 Å². The normalized spacial score (nSPS) is 12.1. The molecule has 164 valence electrons. The second kappa shape index (κ2) is 9.70. The zero-order chi connectivity index (χ0) is 22.7. The van der Waals surface area contributed by atoms with Crippen molar-refractivity contribution in [1.29, 1.82) is 0 Å². The summed E-state index contributed by atoms with van der Waals surface area (Å²) in [6, 6.07) is 8.81. The highest BCUT2D eigenvalue weighted by Crippen LogP contribution is 2.34. The number of hydrogen-bond donors (Lipinski definition) is 2. The molecule has 3 rings (SSSR count). The Morgan fingerprint density at radius 3 is 2.61 bits per heavy atom. The van der Waals surface area contributed by atoms with Gasteiger partial charge in [-0.05, 0) is 55.3 Å². The number of carbonyl (C=O) groups excluding carboxylic acids is 1. The lowest BCUT2D eigenvalue weighted by molar-refractivity contribution is 0.0518. The maximum absolute atomic E-state index is 12.8. The maximum atomic E-state index is 12.8. The number of pyridine rings is 1. The van der Waals surface area contributed by atoms with Gasteiger partial charge in [0.1, 0.15) is 5.69 Å². The van der Waals surface area contributed by atoms with Gasteiger partial charge in [0.25, 0.3) is 5.56 Å². The fourth-order valence-corrected chi connectivity index (χ4v) is 4.26. The minimum Gasteiger partial charge on any atom is -0.461 e. The van der Waals surface area contributed by atoms with Crippen LogP contribution in [0.2, 0.25) is 5.02 Å². The molecule has 9 heteroatoms. The van der Waals surface area contributed by atoms with Crippen LogP contribution >= 0.6 is 27.5 Å². The molecule has 0 spiro atoms. The second-order valence-corrected chi connectivity index (χ2v) is 8.49. The van der Waals surface area contributed by atoms with E-state index in [0.717, 1.165) is 11.1 Å². The van der Waals surface area contributed by atoms with Crippen LogP contribution in [0.3, 0.4) is 0 Å². The molecule has 1 unspecified atom stereocenters. The van der Waals surface area contributed by atoms with E-state index in [2.05, 4.69) is 31.2 Å². The Morgan fingerprint density at radius 2 is 2.00 bits per heavy atom. The van der Waals surface area contributed by atoms with Gasteiger partial charge in [-0.25, -0.2) is 9.78 Å². The quantitative estimate of drug-likeness (QED) is 0.426. The molecule has 0 saturated carbocycles. The molecule has 0 radical (unpaired) electrons. The molecule has 0 aliphatic carbocycles. The number of aromatic nitrogens is 3. The van der Waals surface area contributed by atoms with E-state index < -0.39 is 12.0 Å². The van der Waals surface area contributed by atoms with Gasteiger partial charge in [-0.1, -0.05) is 41.4 Å². The van der Waals surface area contributed by atoms with Crippen molar-refractivity contribution in [2.24, 2.45) is 0 Å². The highest BCUT2D eigenvalue weighted by Gasteiger charge is 2.31. The smallest absolute Gasteiger partial charge is 0.358 e. The van der Waals surface area contributed by atoms with Crippen LogP contribution in [-0.4, -0.2) is 27.1 Å². The van der Waals surface area contributed by atoms with Crippen molar-refractivity contribution in [3.63, 3.8) is 0 Å². The number of imidazole rings is 1. The summed E-state index contributed by atoms with van der Waals surface area (Å²) in [6.45, 7) is 7.94. The molecule has 31 heavy (non-hydrogen) atoms. The molecule has 1 aromatic carbocycles. The molecule has 2 aromatic heterocycles. The molecule has 0 aliphatic heterocycles. The Hall–Kier alpha value is -2.58. The number of esters is 1. The van der Waals surface area contributed by atoms with E-state index >= 15 is 0 Å². The monoisotopic (exact) mass is 506 g/mol. The van der Waals surface area contributed by atoms with Crippen LogP contribution < -0.4 is 10.9 Å². The third-order valence-electron chi connectivity index (χ3n) is 4.74. The number of anilines is 1. The number of ether oxygens (including phenoxy) is 1. The second-order valence-electron chi connectivity index (χ2n) is 7.35. The van der Waals surface area contributed by atoms with Gasteiger partial charge in [0, 0.05) is 12.2 Å². The van der Waals surface area contributed by atoms with E-state index in [4.69, 9.17) is 16.3 Å². The van der Waals surface area contributed by atoms with Crippen LogP contribution in [0.1, 0.15) is 60.2 Å². The van der Waals surface area contributed by atoms with Crippen molar-refractivity contribution in [1.82, 2.24) is 14.5 Å². The first kappa shape index (κ1) is 23.1. The molecule has 0 saturated heterocycles. The number of hydrogen-bond acceptors (Lipinski definition) is 5. The molecular weight excluding hydrogens is 484 g/mol. The largest absolute Gasteiger partial charge is 0.461 e. The summed E-state index contributed by atoms with van der Waals surface area (Å²) in [4.78, 5) is 32.3. The van der Waals surface area contributed by atoms with E-state index in [1.54, 1.807) is 13.0 Å². The summed E-state index contributed by atoms with van der Waals surface area (Å²) >= 11 is 9.59. The average Bonchev–Trinajstić information content (AvgIpc) is 3.07. The van der Waals surface area contributed by atoms with Crippen molar-refractivity contribution in [2.75, 3.05) is 11.9 Å². The molecular formula is C22H24BrClN4O3. The van der Waals surface area contributed by atoms with Gasteiger partial charge in [-0.2, -0.15) is 0 Å². The summed E-state index contributed by atoms with van der Waals surface area (Å²) in [5.74, 6) is -0.531. The summed E-state index contributed by atoms with van der Waals surface area (Å²) in [7, 11) is 0. The SMILES string of the molecule is CCOC(=O)c1nc(Br)n(C(C)C)c1C(Nc1cc(Cl)c[nH]c1=O)c1ccc(C)cc1. The Bertz CT molecular complexity index is 1140. The number of halogens is 2. The lowest BCUT2D eigenvalue weighted by Crippen LogP contribution is -2.24. The number of carbonyl (C=O) groups is 1. The lowest BCUT2D eigenvalue weighted by Gasteiger charge is -2.25. The average molecular weight is 508 g/mol. The number of benzene rings is 1. The molecule has 3 aromatic rings. The van der Waals surface area contributed by atoms with Gasteiger partial charge in [-0.3, -0.25) is 4.79 Å². The van der Waals surface area contributed by atoms with Crippen molar-refractivity contribution < 1.29 is 9.53 Å². The number of rotatable bonds is 7. The van der Waals surface area contributed by atoms with Crippen LogP contribution in [0, 0.1) is 6.92 Å². The first-order valence-corrected chi connectivity index (χ1v) is 11.1. The topological polar surface area (TPSA) is 89.0 Å². The molecule has 7 nitrogen and oxygen atoms in total. The summed E-state index contributed by atoms with van der Waals surface area (Å²) in [6.07, 6.45) is 1.43. The van der Waals surface area contributed by atoms with E-state index in [1.807, 2.05) is 49.6 Å². The van der Waals surface area contributed by atoms with Crippen molar-refractivity contribution in [2.45, 2.75) is 39.8 Å². The Labute approximate surface area is 193 Å². The van der Waals surface area contributed by atoms with E-state index in [0.29, 0.717) is 15.5 Å². The predicted octanol–water partition coefficient (Wildman–Crippen LogP) is 5.25. The summed E-state index contributed by atoms with van der Waals surface area (Å²) in [5.41, 5.74) is 2.66. The number of nitrogens with zero attached hydrogens (tertiary/aromatic N) is 2. The van der Waals surface area contributed by atoms with Crippen molar-refractivity contribution in [3.8, 4) is 0 Å². The first-order chi connectivity index (χ1) is 14.7. The van der Waals surface area contributed by atoms with Crippen LogP contribution in [-0.2, 0) is 4.74 Å². The third-order valence-corrected chi connectivity index (χ3v) is 5.52. The van der Waals surface area contributed by atoms with Gasteiger partial charge >= 0.3 is 5.97 Å². The minimum absolute atomic E-state index is 0.0209. The fourth-order valence-electron chi connectivity index (χ4n) is 3.32. The van der Waals surface area contributed by atoms with Gasteiger partial charge in [0.15, 0.2) is 10.4 Å². The number of H-pyrrole nitrogens is 1. The molecule has 0 amide bonds. The molecule has 2 N–H and O–H groups in total. The Kier molecular flexibility index (Phi) is 7.23. The molecule has 0 bridgehead atoms. The van der Waals surface area contributed by atoms with Crippen LogP contribution in [0.25, 0.3) is 0 Å². The number of nitrogens with one attached hydrogen (secondary N) is 2. The fraction of sp³-hybridized carbons (Fsp3) is 0.318. The van der Waals surface area contributed by atoms with Crippen LogP contribution in [0.5, 0.6) is 0 Å². The Balaban J connectivity index is 2.26. The maximum Gasteiger partial charge on any atom is 0.358 e. The van der Waals surface area contributed by atoms with E-state index in [1.165, 1.54) is 6.20 Å². The highest BCUT2D eigenvalue weighted by atomic mass is 79.9. The van der Waals surface area contributed by atoms with Crippen LogP contribution in [0.4, 0.5) is 5.69 Å². The molecule has 1 atom stereocenters. The zero-order valence-corrected chi connectivity index (χ0v) is 20.0. The molecule has 0 aliphatic rings. The third kappa shape index (κ3) is 5.02. The van der Waals surface area contributed by atoms with Crippen molar-refractivity contribution >= 4 is 39.2 Å². The summed E-state index contributed by atoms with van der Waals surface area (Å²) in [5, 5.41) is 3.65. The van der Waals surface area contributed by atoms with E-state index in [-0.39, 0.29) is 29.6 Å². The van der Waals surface area contributed by atoms with Gasteiger partial charge in [0.05, 0.1) is 23.4 Å². The standard InChI is InChI=1S/C22H24BrClN4O3/c1-5-31-21(30)18-19(28(12(2)3)22(23)27-18)17(14-8-6-13(4)7-9-14)26-16-10-15(24)11-25-20(16)29/h6-12,17,26H,5H2,1-4H3,(H,25,29). The van der Waals surface area contributed by atoms with Crippen molar-refractivity contribution in [3.05, 3.63) is 79.2 Å². The van der Waals surface area contributed by atoms with E-state index in [9.17, 15) is 9.59 Å². The predicted molar refractivity (Wildman–Crippen MR) is 125 cm³/mol.